The van der Waals surface area contributed by atoms with Crippen molar-refractivity contribution in [2.45, 2.75) is 29.2 Å². The van der Waals surface area contributed by atoms with Crippen LogP contribution in [0.15, 0.2) is 21.9 Å². The second-order valence-corrected chi connectivity index (χ2v) is 9.55. The van der Waals surface area contributed by atoms with E-state index >= 15 is 0 Å². The lowest BCUT2D eigenvalue weighted by Gasteiger charge is -2.50. The van der Waals surface area contributed by atoms with E-state index < -0.39 is 29.2 Å². The lowest BCUT2D eigenvalue weighted by molar-refractivity contribution is -0.301. The molecule has 0 bridgehead atoms. The molecule has 29 heavy (non-hydrogen) atoms. The zero-order valence-corrected chi connectivity index (χ0v) is 17.3. The van der Waals surface area contributed by atoms with Gasteiger partial charge in [-0.2, -0.15) is 4.80 Å². The minimum Gasteiger partial charge on any atom is -0.543 e. The Bertz CT molecular complexity index is 991. The number of nitrogens with zero attached hydrogens (tertiary/aromatic N) is 7. The Hall–Kier alpha value is -2.52. The van der Waals surface area contributed by atoms with Gasteiger partial charge >= 0.3 is 0 Å². The number of carboxylic acid groups (broad SMARTS) is 1. The fraction of sp³-hybridized carbons (Fsp3) is 0.429. The first-order chi connectivity index (χ1) is 13.9. The number of carbonyl (C=O) groups is 3. The predicted molar refractivity (Wildman–Crippen MR) is 100 cm³/mol. The Morgan fingerprint density at radius 3 is 2.90 bits per heavy atom. The SMILES string of the molecule is Cc1nnc(SCC2=C(C(=O)[O-])N3C(=O)[C@@H](NC(=O)Cn4ncnn4)[C@H]3SC2)s1. The number of carboxylic acids is 1. The molecule has 4 rings (SSSR count). The lowest BCUT2D eigenvalue weighted by Crippen LogP contribution is -2.71. The van der Waals surface area contributed by atoms with Gasteiger partial charge in [0.2, 0.25) is 5.91 Å². The molecule has 2 aromatic rings. The van der Waals surface area contributed by atoms with E-state index in [1.54, 1.807) is 0 Å². The first kappa shape index (κ1) is 19.8. The summed E-state index contributed by atoms with van der Waals surface area (Å²) in [5.74, 6) is -1.61. The second kappa shape index (κ2) is 8.08. The molecule has 2 aliphatic rings. The molecule has 15 heteroatoms. The summed E-state index contributed by atoms with van der Waals surface area (Å²) in [5.41, 5.74) is 0.449. The highest BCUT2D eigenvalue weighted by Crippen LogP contribution is 2.41. The second-order valence-electron chi connectivity index (χ2n) is 6.04. The Morgan fingerprint density at radius 2 is 2.24 bits per heavy atom. The number of carbonyl (C=O) groups excluding carboxylic acids is 3. The zero-order chi connectivity index (χ0) is 20.5. The molecule has 0 aromatic carbocycles. The molecule has 2 atom stereocenters. The van der Waals surface area contributed by atoms with Gasteiger partial charge in [0.05, 0.1) is 11.7 Å². The van der Waals surface area contributed by atoms with Crippen LogP contribution >= 0.6 is 34.9 Å². The molecule has 4 heterocycles. The number of aromatic nitrogens is 6. The van der Waals surface area contributed by atoms with E-state index in [4.69, 9.17) is 0 Å². The lowest BCUT2D eigenvalue weighted by atomic mass is 10.0. The predicted octanol–water partition coefficient (Wildman–Crippen LogP) is -1.97. The molecule has 2 amide bonds. The monoisotopic (exact) mass is 453 g/mol. The molecule has 0 spiro atoms. The van der Waals surface area contributed by atoms with Crippen LogP contribution < -0.4 is 10.4 Å². The molecule has 1 N–H and O–H groups in total. The van der Waals surface area contributed by atoms with Crippen molar-refractivity contribution in [3.8, 4) is 0 Å². The highest BCUT2D eigenvalue weighted by atomic mass is 32.2. The van der Waals surface area contributed by atoms with Crippen molar-refractivity contribution >= 4 is 52.6 Å². The van der Waals surface area contributed by atoms with Gasteiger partial charge in [0, 0.05) is 11.5 Å². The Balaban J connectivity index is 1.44. The van der Waals surface area contributed by atoms with Gasteiger partial charge in [0.25, 0.3) is 5.91 Å². The first-order valence-electron chi connectivity index (χ1n) is 8.25. The zero-order valence-electron chi connectivity index (χ0n) is 14.8. The number of β-lactam (4-membered cyclic amide) rings is 1. The van der Waals surface area contributed by atoms with Gasteiger partial charge in [-0.15, -0.1) is 32.2 Å². The average molecular weight is 454 g/mol. The fourth-order valence-corrected chi connectivity index (χ4v) is 6.18. The van der Waals surface area contributed by atoms with Crippen molar-refractivity contribution in [3.05, 3.63) is 22.6 Å². The van der Waals surface area contributed by atoms with Crippen LogP contribution in [0.3, 0.4) is 0 Å². The number of aliphatic carboxylic acids is 1. The molecule has 0 saturated carbocycles. The third-order valence-electron chi connectivity index (χ3n) is 4.11. The number of nitrogens with one attached hydrogen (secondary N) is 1. The summed E-state index contributed by atoms with van der Waals surface area (Å²) in [5, 5.41) is 33.4. The molecular formula is C14H13N8O4S3-. The van der Waals surface area contributed by atoms with Crippen LogP contribution in [0.4, 0.5) is 0 Å². The third kappa shape index (κ3) is 3.97. The summed E-state index contributed by atoms with van der Waals surface area (Å²) in [6.45, 7) is 1.65. The Labute approximate surface area is 176 Å². The van der Waals surface area contributed by atoms with E-state index in [1.807, 2.05) is 6.92 Å². The van der Waals surface area contributed by atoms with Crippen molar-refractivity contribution in [3.63, 3.8) is 0 Å². The van der Waals surface area contributed by atoms with Gasteiger partial charge in [0.1, 0.15) is 23.0 Å². The molecule has 0 unspecified atom stereocenters. The average Bonchev–Trinajstić information content (AvgIpc) is 3.35. The Morgan fingerprint density at radius 1 is 1.41 bits per heavy atom. The summed E-state index contributed by atoms with van der Waals surface area (Å²) in [7, 11) is 0. The standard InChI is InChI=1S/C14H14N8O4S3/c1-6-18-19-14(29-6)28-4-7-3-27-12-9(11(24)22(12)10(7)13(25)26)17-8(23)2-21-16-5-15-20-21/h5,9,12H,2-4H2,1H3,(H,17,23)(H,25,26)/p-1/t9-,12-/m1/s1. The van der Waals surface area contributed by atoms with Crippen LogP contribution in [0.5, 0.6) is 0 Å². The maximum atomic E-state index is 12.6. The van der Waals surface area contributed by atoms with E-state index in [1.165, 1.54) is 46.1 Å². The van der Waals surface area contributed by atoms with E-state index in [0.717, 1.165) is 14.1 Å². The Kier molecular flexibility index (Phi) is 5.51. The maximum Gasteiger partial charge on any atom is 0.253 e. The highest BCUT2D eigenvalue weighted by molar-refractivity contribution is 8.01. The van der Waals surface area contributed by atoms with E-state index in [2.05, 4.69) is 30.9 Å². The molecule has 1 saturated heterocycles. The van der Waals surface area contributed by atoms with E-state index in [9.17, 15) is 19.5 Å². The van der Waals surface area contributed by atoms with Crippen LogP contribution in [0.2, 0.25) is 0 Å². The number of tetrazole rings is 1. The molecular weight excluding hydrogens is 440 g/mol. The van der Waals surface area contributed by atoms with Crippen LogP contribution in [0.1, 0.15) is 5.01 Å². The molecule has 2 aliphatic heterocycles. The van der Waals surface area contributed by atoms with Crippen LogP contribution in [-0.2, 0) is 20.9 Å². The largest absolute Gasteiger partial charge is 0.543 e. The van der Waals surface area contributed by atoms with Gasteiger partial charge in [-0.3, -0.25) is 14.5 Å². The van der Waals surface area contributed by atoms with Gasteiger partial charge in [0.15, 0.2) is 10.7 Å². The van der Waals surface area contributed by atoms with Crippen LogP contribution in [0, 0.1) is 6.92 Å². The molecule has 0 aliphatic carbocycles. The smallest absolute Gasteiger partial charge is 0.253 e. The van der Waals surface area contributed by atoms with Gasteiger partial charge in [-0.1, -0.05) is 23.1 Å². The van der Waals surface area contributed by atoms with Gasteiger partial charge in [-0.05, 0) is 17.7 Å². The van der Waals surface area contributed by atoms with Crippen molar-refractivity contribution in [1.82, 2.24) is 40.6 Å². The normalized spacial score (nSPS) is 21.0. The summed E-state index contributed by atoms with van der Waals surface area (Å²) in [6.07, 6.45) is 1.19. The number of thioether (sulfide) groups is 2. The van der Waals surface area contributed by atoms with Crippen molar-refractivity contribution in [2.75, 3.05) is 11.5 Å². The van der Waals surface area contributed by atoms with Crippen molar-refractivity contribution in [1.29, 1.82) is 0 Å². The summed E-state index contributed by atoms with van der Waals surface area (Å²) in [6, 6.07) is -0.814. The number of aryl methyl sites for hydroxylation is 1. The van der Waals surface area contributed by atoms with Crippen molar-refractivity contribution in [2.24, 2.45) is 0 Å². The molecule has 2 aromatic heterocycles. The molecule has 1 fully saturated rings. The van der Waals surface area contributed by atoms with Gasteiger partial charge in [-0.25, -0.2) is 0 Å². The van der Waals surface area contributed by atoms with Crippen LogP contribution in [-0.4, -0.2) is 76.0 Å². The van der Waals surface area contributed by atoms with Crippen LogP contribution in [0.25, 0.3) is 0 Å². The summed E-state index contributed by atoms with van der Waals surface area (Å²) >= 11 is 4.17. The molecule has 12 nitrogen and oxygen atoms in total. The fourth-order valence-electron chi connectivity index (χ4n) is 2.88. The van der Waals surface area contributed by atoms with Crippen molar-refractivity contribution < 1.29 is 19.5 Å². The summed E-state index contributed by atoms with van der Waals surface area (Å²) < 4.78 is 0.724. The highest BCUT2D eigenvalue weighted by Gasteiger charge is 2.52. The third-order valence-corrected chi connectivity index (χ3v) is 7.51. The minimum atomic E-state index is -1.41. The number of rotatable bonds is 7. The molecule has 152 valence electrons. The topological polar surface area (TPSA) is 159 Å². The number of hydrogen-bond donors (Lipinski definition) is 1. The maximum absolute atomic E-state index is 12.6. The van der Waals surface area contributed by atoms with Gasteiger partial charge < -0.3 is 15.2 Å². The minimum absolute atomic E-state index is 0.129. The van der Waals surface area contributed by atoms with E-state index in [-0.39, 0.29) is 12.2 Å². The van der Waals surface area contributed by atoms with E-state index in [0.29, 0.717) is 17.1 Å². The first-order valence-corrected chi connectivity index (χ1v) is 11.1. The number of fused-ring (bicyclic) bond motifs is 1. The molecule has 0 radical (unpaired) electrons. The quantitative estimate of drug-likeness (QED) is 0.366. The number of hydrogen-bond acceptors (Lipinski definition) is 12. The number of amides is 2. The summed E-state index contributed by atoms with van der Waals surface area (Å²) in [4.78, 5) is 38.7.